The van der Waals surface area contributed by atoms with E-state index < -0.39 is 0 Å². The molecule has 180 valence electrons. The molecule has 2 N–H and O–H groups in total. The molecule has 1 atom stereocenters. The van der Waals surface area contributed by atoms with E-state index in [0.29, 0.717) is 18.9 Å². The largest absolute Gasteiger partial charge is 0.357 e. The lowest BCUT2D eigenvalue weighted by molar-refractivity contribution is 0.312. The molecule has 4 heterocycles. The second-order valence-electron chi connectivity index (χ2n) is 8.39. The third kappa shape index (κ3) is 6.89. The molecule has 33 heavy (non-hydrogen) atoms. The number of nitrogens with zero attached hydrogens (tertiary/aromatic N) is 6. The second kappa shape index (κ2) is 12.3. The van der Waals surface area contributed by atoms with Gasteiger partial charge in [0.1, 0.15) is 5.82 Å². The lowest BCUT2D eigenvalue weighted by Crippen LogP contribution is -2.44. The van der Waals surface area contributed by atoms with Crippen LogP contribution in [0.3, 0.4) is 0 Å². The highest BCUT2D eigenvalue weighted by molar-refractivity contribution is 14.0. The number of halogens is 2. The van der Waals surface area contributed by atoms with Gasteiger partial charge in [-0.05, 0) is 44.2 Å². The Balaban J connectivity index is 0.00000306. The molecular weight excluding hydrogens is 534 g/mol. The van der Waals surface area contributed by atoms with Crippen LogP contribution in [-0.2, 0) is 6.54 Å². The van der Waals surface area contributed by atoms with Gasteiger partial charge in [-0.3, -0.25) is 0 Å². The first-order valence-electron chi connectivity index (χ1n) is 11.4. The fraction of sp³-hybridized carbons (Fsp3) is 0.522. The number of hydrogen-bond donors (Lipinski definition) is 2. The molecule has 10 heteroatoms. The minimum Gasteiger partial charge on any atom is -0.357 e. The van der Waals surface area contributed by atoms with Crippen LogP contribution in [0.15, 0.2) is 41.7 Å². The third-order valence-corrected chi connectivity index (χ3v) is 5.97. The van der Waals surface area contributed by atoms with Crippen molar-refractivity contribution >= 4 is 41.6 Å². The first-order chi connectivity index (χ1) is 15.6. The summed E-state index contributed by atoms with van der Waals surface area (Å²) < 4.78 is 14.1. The Kier molecular flexibility index (Phi) is 9.48. The van der Waals surface area contributed by atoms with Crippen molar-refractivity contribution < 1.29 is 4.39 Å². The van der Waals surface area contributed by atoms with Crippen LogP contribution in [0.2, 0.25) is 0 Å². The zero-order valence-corrected chi connectivity index (χ0v) is 21.7. The van der Waals surface area contributed by atoms with Gasteiger partial charge in [-0.2, -0.15) is 0 Å². The van der Waals surface area contributed by atoms with Gasteiger partial charge in [-0.15, -0.1) is 24.0 Å². The van der Waals surface area contributed by atoms with Gasteiger partial charge in [0.25, 0.3) is 0 Å². The maximum Gasteiger partial charge on any atom is 0.191 e. The average Bonchev–Trinajstić information content (AvgIpc) is 3.27. The molecule has 0 aliphatic carbocycles. The van der Waals surface area contributed by atoms with Crippen molar-refractivity contribution in [3.8, 4) is 0 Å². The summed E-state index contributed by atoms with van der Waals surface area (Å²) >= 11 is 0. The predicted molar refractivity (Wildman–Crippen MR) is 142 cm³/mol. The fourth-order valence-electron chi connectivity index (χ4n) is 4.10. The number of guanidine groups is 1. The first-order valence-corrected chi connectivity index (χ1v) is 11.4. The normalized spacial score (nSPS) is 19.4. The smallest absolute Gasteiger partial charge is 0.191 e. The molecule has 0 saturated carbocycles. The van der Waals surface area contributed by atoms with Crippen molar-refractivity contribution in [2.45, 2.75) is 25.9 Å². The van der Waals surface area contributed by atoms with Crippen molar-refractivity contribution in [2.75, 3.05) is 62.7 Å². The summed E-state index contributed by atoms with van der Waals surface area (Å²) in [5.74, 6) is 1.94. The van der Waals surface area contributed by atoms with Gasteiger partial charge in [-0.1, -0.05) is 6.07 Å². The van der Waals surface area contributed by atoms with Crippen molar-refractivity contribution in [3.05, 3.63) is 48.0 Å². The van der Waals surface area contributed by atoms with E-state index in [0.717, 1.165) is 63.0 Å². The highest BCUT2D eigenvalue weighted by atomic mass is 127. The molecule has 0 bridgehead atoms. The van der Waals surface area contributed by atoms with Gasteiger partial charge in [0, 0.05) is 64.2 Å². The van der Waals surface area contributed by atoms with Crippen LogP contribution in [0.4, 0.5) is 16.0 Å². The number of hydrogen-bond acceptors (Lipinski definition) is 6. The van der Waals surface area contributed by atoms with Crippen LogP contribution in [0.25, 0.3) is 0 Å². The lowest BCUT2D eigenvalue weighted by atomic mass is 10.2. The van der Waals surface area contributed by atoms with Crippen molar-refractivity contribution in [2.24, 2.45) is 4.99 Å². The summed E-state index contributed by atoms with van der Waals surface area (Å²) in [4.78, 5) is 20.2. The maximum atomic E-state index is 14.1. The quantitative estimate of drug-likeness (QED) is 0.315. The van der Waals surface area contributed by atoms with Gasteiger partial charge in [-0.25, -0.2) is 19.4 Å². The van der Waals surface area contributed by atoms with Gasteiger partial charge in [0.15, 0.2) is 17.6 Å². The summed E-state index contributed by atoms with van der Waals surface area (Å²) in [6.45, 7) is 8.99. The van der Waals surface area contributed by atoms with E-state index in [4.69, 9.17) is 4.99 Å². The van der Waals surface area contributed by atoms with Gasteiger partial charge in [0.05, 0.1) is 6.54 Å². The highest BCUT2D eigenvalue weighted by Crippen LogP contribution is 2.21. The monoisotopic (exact) mass is 568 g/mol. The van der Waals surface area contributed by atoms with Crippen LogP contribution in [0.5, 0.6) is 0 Å². The number of rotatable bonds is 6. The maximum absolute atomic E-state index is 14.1. The summed E-state index contributed by atoms with van der Waals surface area (Å²) in [6, 6.07) is 7.46. The van der Waals surface area contributed by atoms with E-state index in [1.165, 1.54) is 6.07 Å². The van der Waals surface area contributed by atoms with Gasteiger partial charge < -0.3 is 25.3 Å². The SMILES string of the molecule is CCNC(=NCc1ccc(N2CCN(C)CC2)nc1)NC1CCN(c2ncccc2F)C1.I. The number of anilines is 2. The molecule has 0 amide bonds. The standard InChI is InChI=1S/C23H33FN8.HI/c1-3-25-23(29-19-8-10-32(17-19)22-20(24)5-4-9-26-22)28-16-18-6-7-21(27-15-18)31-13-11-30(2)12-14-31;/h4-7,9,15,19H,3,8,10-14,16-17H2,1-2H3,(H2,25,28,29);1H. The van der Waals surface area contributed by atoms with Crippen molar-refractivity contribution in [1.29, 1.82) is 0 Å². The van der Waals surface area contributed by atoms with Crippen LogP contribution in [0.1, 0.15) is 18.9 Å². The van der Waals surface area contributed by atoms with Crippen LogP contribution in [-0.4, -0.2) is 79.7 Å². The molecule has 0 spiro atoms. The summed E-state index contributed by atoms with van der Waals surface area (Å²) in [6.07, 6.45) is 4.46. The average molecular weight is 568 g/mol. The molecule has 2 aliphatic heterocycles. The van der Waals surface area contributed by atoms with Crippen molar-refractivity contribution in [1.82, 2.24) is 25.5 Å². The van der Waals surface area contributed by atoms with Crippen LogP contribution < -0.4 is 20.4 Å². The second-order valence-corrected chi connectivity index (χ2v) is 8.39. The molecule has 0 aromatic carbocycles. The Bertz CT molecular complexity index is 902. The van der Waals surface area contributed by atoms with E-state index in [2.05, 4.69) is 49.6 Å². The molecule has 8 nitrogen and oxygen atoms in total. The molecule has 4 rings (SSSR count). The Morgan fingerprint density at radius 1 is 1.12 bits per heavy atom. The lowest BCUT2D eigenvalue weighted by Gasteiger charge is -2.33. The number of aromatic nitrogens is 2. The van der Waals surface area contributed by atoms with Crippen molar-refractivity contribution in [3.63, 3.8) is 0 Å². The molecule has 2 fully saturated rings. The van der Waals surface area contributed by atoms with E-state index in [9.17, 15) is 4.39 Å². The Morgan fingerprint density at radius 3 is 2.64 bits per heavy atom. The minimum absolute atomic E-state index is 0. The van der Waals surface area contributed by atoms with E-state index in [1.54, 1.807) is 12.3 Å². The molecule has 2 aromatic rings. The number of nitrogens with one attached hydrogen (secondary N) is 2. The molecule has 2 aliphatic rings. The summed E-state index contributed by atoms with van der Waals surface area (Å²) in [7, 11) is 2.15. The van der Waals surface area contributed by atoms with Gasteiger partial charge >= 0.3 is 0 Å². The predicted octanol–water partition coefficient (Wildman–Crippen LogP) is 2.32. The zero-order chi connectivity index (χ0) is 22.3. The van der Waals surface area contributed by atoms with E-state index in [-0.39, 0.29) is 35.8 Å². The van der Waals surface area contributed by atoms with Crippen LogP contribution >= 0.6 is 24.0 Å². The van der Waals surface area contributed by atoms with E-state index >= 15 is 0 Å². The highest BCUT2D eigenvalue weighted by Gasteiger charge is 2.26. The first kappa shape index (κ1) is 25.4. The Labute approximate surface area is 212 Å². The third-order valence-electron chi connectivity index (χ3n) is 5.97. The topological polar surface area (TPSA) is 71.9 Å². The van der Waals surface area contributed by atoms with Gasteiger partial charge in [0.2, 0.25) is 0 Å². The van der Waals surface area contributed by atoms with E-state index in [1.807, 2.05) is 18.0 Å². The number of aliphatic imine (C=N–C) groups is 1. The molecule has 0 radical (unpaired) electrons. The fourth-order valence-corrected chi connectivity index (χ4v) is 4.10. The number of pyridine rings is 2. The number of likely N-dealkylation sites (N-methyl/N-ethyl adjacent to an activating group) is 1. The summed E-state index contributed by atoms with van der Waals surface area (Å²) in [5, 5.41) is 6.80. The van der Waals surface area contributed by atoms with Crippen LogP contribution in [0, 0.1) is 5.82 Å². The zero-order valence-electron chi connectivity index (χ0n) is 19.4. The molecule has 2 aromatic heterocycles. The molecule has 2 saturated heterocycles. The summed E-state index contributed by atoms with van der Waals surface area (Å²) in [5.41, 5.74) is 1.07. The molecular formula is C23H34FIN8. The Hall–Kier alpha value is -2.21. The minimum atomic E-state index is -0.277. The number of piperazine rings is 1. The Morgan fingerprint density at radius 2 is 1.94 bits per heavy atom. The molecule has 1 unspecified atom stereocenters.